The Morgan fingerprint density at radius 2 is 1.95 bits per heavy atom. The van der Waals surface area contributed by atoms with E-state index >= 15 is 0 Å². The second kappa shape index (κ2) is 6.23. The molecule has 0 fully saturated rings. The predicted molar refractivity (Wildman–Crippen MR) is 78.0 cm³/mol. The van der Waals surface area contributed by atoms with Gasteiger partial charge in [-0.25, -0.2) is 0 Å². The van der Waals surface area contributed by atoms with Crippen LogP contribution in [0.3, 0.4) is 0 Å². The molecule has 0 saturated heterocycles. The molecule has 5 heteroatoms. The van der Waals surface area contributed by atoms with Crippen molar-refractivity contribution in [2.24, 2.45) is 0 Å². The van der Waals surface area contributed by atoms with Crippen LogP contribution in [0.4, 0.5) is 5.82 Å². The molecule has 1 heterocycles. The van der Waals surface area contributed by atoms with Crippen LogP contribution < -0.4 is 10.1 Å². The first-order valence-corrected chi connectivity index (χ1v) is 6.62. The van der Waals surface area contributed by atoms with Crippen LogP contribution >= 0.6 is 0 Å². The van der Waals surface area contributed by atoms with Gasteiger partial charge in [0.25, 0.3) is 5.91 Å². The Morgan fingerprint density at radius 1 is 1.25 bits per heavy atom. The largest absolute Gasteiger partial charge is 0.484 e. The molecule has 106 valence electrons. The Labute approximate surface area is 118 Å². The van der Waals surface area contributed by atoms with Crippen molar-refractivity contribution in [3.05, 3.63) is 41.1 Å². The molecule has 20 heavy (non-hydrogen) atoms. The van der Waals surface area contributed by atoms with Gasteiger partial charge in [-0.1, -0.05) is 13.0 Å². The zero-order chi connectivity index (χ0) is 14.5. The summed E-state index contributed by atoms with van der Waals surface area (Å²) in [5.41, 5.74) is 3.20. The SMILES string of the molecule is CCc1cc(NC(=O)COc2cc(C)cc(C)c2)n[nH]1. The van der Waals surface area contributed by atoms with E-state index in [1.807, 2.05) is 39.0 Å². The highest BCUT2D eigenvalue weighted by Crippen LogP contribution is 2.16. The number of aromatic amines is 1. The van der Waals surface area contributed by atoms with Gasteiger partial charge in [0.05, 0.1) is 0 Å². The molecule has 0 unspecified atom stereocenters. The number of aryl methyl sites for hydroxylation is 3. The number of benzene rings is 1. The van der Waals surface area contributed by atoms with Crippen molar-refractivity contribution in [1.29, 1.82) is 0 Å². The number of H-pyrrole nitrogens is 1. The van der Waals surface area contributed by atoms with Crippen LogP contribution in [0.15, 0.2) is 24.3 Å². The first-order valence-electron chi connectivity index (χ1n) is 6.62. The van der Waals surface area contributed by atoms with Crippen molar-refractivity contribution in [3.63, 3.8) is 0 Å². The van der Waals surface area contributed by atoms with Gasteiger partial charge in [-0.15, -0.1) is 0 Å². The van der Waals surface area contributed by atoms with E-state index in [2.05, 4.69) is 21.6 Å². The lowest BCUT2D eigenvalue weighted by atomic mass is 10.1. The highest BCUT2D eigenvalue weighted by Gasteiger charge is 2.07. The molecule has 1 aromatic carbocycles. The molecule has 0 atom stereocenters. The van der Waals surface area contributed by atoms with Gasteiger partial charge in [0.15, 0.2) is 12.4 Å². The molecule has 0 radical (unpaired) electrons. The van der Waals surface area contributed by atoms with Crippen LogP contribution in [0.25, 0.3) is 0 Å². The number of anilines is 1. The Bertz CT molecular complexity index is 585. The number of carbonyl (C=O) groups excluding carboxylic acids is 1. The normalized spacial score (nSPS) is 10.3. The lowest BCUT2D eigenvalue weighted by Crippen LogP contribution is -2.20. The number of hydrogen-bond donors (Lipinski definition) is 2. The lowest BCUT2D eigenvalue weighted by Gasteiger charge is -2.07. The molecule has 0 bridgehead atoms. The topological polar surface area (TPSA) is 67.0 Å². The molecule has 0 spiro atoms. The Kier molecular flexibility index (Phi) is 4.40. The quantitative estimate of drug-likeness (QED) is 0.880. The second-order valence-corrected chi connectivity index (χ2v) is 4.79. The van der Waals surface area contributed by atoms with Gasteiger partial charge >= 0.3 is 0 Å². The molecule has 2 rings (SSSR count). The average molecular weight is 273 g/mol. The van der Waals surface area contributed by atoms with Crippen molar-refractivity contribution in [1.82, 2.24) is 10.2 Å². The third kappa shape index (κ3) is 3.85. The fraction of sp³-hybridized carbons (Fsp3) is 0.333. The summed E-state index contributed by atoms with van der Waals surface area (Å²) in [5.74, 6) is 1.00. The first kappa shape index (κ1) is 14.1. The number of amides is 1. The minimum atomic E-state index is -0.224. The Morgan fingerprint density at radius 3 is 2.55 bits per heavy atom. The van der Waals surface area contributed by atoms with Crippen molar-refractivity contribution in [2.45, 2.75) is 27.2 Å². The summed E-state index contributed by atoms with van der Waals surface area (Å²) >= 11 is 0. The van der Waals surface area contributed by atoms with Crippen molar-refractivity contribution < 1.29 is 9.53 Å². The molecule has 0 aliphatic carbocycles. The number of carbonyl (C=O) groups is 1. The predicted octanol–water partition coefficient (Wildman–Crippen LogP) is 2.61. The van der Waals surface area contributed by atoms with Gasteiger partial charge in [0.2, 0.25) is 0 Å². The van der Waals surface area contributed by atoms with Crippen molar-refractivity contribution >= 4 is 11.7 Å². The summed E-state index contributed by atoms with van der Waals surface area (Å²) in [4.78, 5) is 11.8. The van der Waals surface area contributed by atoms with E-state index in [4.69, 9.17) is 4.74 Å². The Balaban J connectivity index is 1.88. The third-order valence-corrected chi connectivity index (χ3v) is 2.84. The van der Waals surface area contributed by atoms with Gasteiger partial charge in [-0.05, 0) is 43.5 Å². The fourth-order valence-corrected chi connectivity index (χ4v) is 1.95. The van der Waals surface area contributed by atoms with E-state index in [0.29, 0.717) is 11.6 Å². The summed E-state index contributed by atoms with van der Waals surface area (Å²) in [7, 11) is 0. The number of aromatic nitrogens is 2. The molecular formula is C15H19N3O2. The molecule has 2 aromatic rings. The number of rotatable bonds is 5. The molecule has 0 aliphatic rings. The maximum Gasteiger partial charge on any atom is 0.263 e. The van der Waals surface area contributed by atoms with Crippen LogP contribution in [-0.4, -0.2) is 22.7 Å². The van der Waals surface area contributed by atoms with Crippen LogP contribution in [0, 0.1) is 13.8 Å². The van der Waals surface area contributed by atoms with Crippen molar-refractivity contribution in [3.8, 4) is 5.75 Å². The zero-order valence-corrected chi connectivity index (χ0v) is 12.0. The van der Waals surface area contributed by atoms with E-state index in [1.54, 1.807) is 0 Å². The average Bonchev–Trinajstić information content (AvgIpc) is 2.83. The zero-order valence-electron chi connectivity index (χ0n) is 12.0. The van der Waals surface area contributed by atoms with E-state index in [0.717, 1.165) is 23.2 Å². The minimum Gasteiger partial charge on any atom is -0.484 e. The van der Waals surface area contributed by atoms with Gasteiger partial charge in [-0.2, -0.15) is 5.10 Å². The van der Waals surface area contributed by atoms with E-state index in [-0.39, 0.29) is 12.5 Å². The van der Waals surface area contributed by atoms with Gasteiger partial charge in [-0.3, -0.25) is 9.89 Å². The standard InChI is InChI=1S/C15H19N3O2/c1-4-12-8-14(18-17-12)16-15(19)9-20-13-6-10(2)5-11(3)7-13/h5-8H,4,9H2,1-3H3,(H2,16,17,18,19). The smallest absolute Gasteiger partial charge is 0.263 e. The molecule has 0 aliphatic heterocycles. The van der Waals surface area contributed by atoms with Crippen LogP contribution in [0.2, 0.25) is 0 Å². The second-order valence-electron chi connectivity index (χ2n) is 4.79. The summed E-state index contributed by atoms with van der Waals surface area (Å²) in [6.07, 6.45) is 0.849. The highest BCUT2D eigenvalue weighted by atomic mass is 16.5. The maximum absolute atomic E-state index is 11.8. The summed E-state index contributed by atoms with van der Waals surface area (Å²) < 4.78 is 5.48. The van der Waals surface area contributed by atoms with E-state index < -0.39 is 0 Å². The molecule has 1 amide bonds. The summed E-state index contributed by atoms with van der Waals surface area (Å²) in [5, 5.41) is 9.53. The lowest BCUT2D eigenvalue weighted by molar-refractivity contribution is -0.118. The molecule has 5 nitrogen and oxygen atoms in total. The van der Waals surface area contributed by atoms with Crippen molar-refractivity contribution in [2.75, 3.05) is 11.9 Å². The van der Waals surface area contributed by atoms with Gasteiger partial charge in [0, 0.05) is 11.8 Å². The maximum atomic E-state index is 11.8. The highest BCUT2D eigenvalue weighted by molar-refractivity contribution is 5.90. The Hall–Kier alpha value is -2.30. The monoisotopic (exact) mass is 273 g/mol. The third-order valence-electron chi connectivity index (χ3n) is 2.84. The fourth-order valence-electron chi connectivity index (χ4n) is 1.95. The molecule has 2 N–H and O–H groups in total. The molecule has 1 aromatic heterocycles. The van der Waals surface area contributed by atoms with E-state index in [9.17, 15) is 4.79 Å². The first-order chi connectivity index (χ1) is 9.56. The minimum absolute atomic E-state index is 0.0305. The van der Waals surface area contributed by atoms with Gasteiger partial charge < -0.3 is 10.1 Å². The summed E-state index contributed by atoms with van der Waals surface area (Å²) in [6.45, 7) is 5.98. The van der Waals surface area contributed by atoms with Gasteiger partial charge in [0.1, 0.15) is 5.75 Å². The van der Waals surface area contributed by atoms with Crippen LogP contribution in [0.1, 0.15) is 23.7 Å². The number of ether oxygens (including phenoxy) is 1. The van der Waals surface area contributed by atoms with Crippen LogP contribution in [-0.2, 0) is 11.2 Å². The molecule has 0 saturated carbocycles. The van der Waals surface area contributed by atoms with E-state index in [1.165, 1.54) is 0 Å². The summed E-state index contributed by atoms with van der Waals surface area (Å²) in [6, 6.07) is 7.69. The number of nitrogens with one attached hydrogen (secondary N) is 2. The number of hydrogen-bond acceptors (Lipinski definition) is 3. The molecular weight excluding hydrogens is 254 g/mol. The number of nitrogens with zero attached hydrogens (tertiary/aromatic N) is 1. The van der Waals surface area contributed by atoms with Crippen LogP contribution in [0.5, 0.6) is 5.75 Å².